The molecule has 0 unspecified atom stereocenters. The molecule has 8 heteroatoms. The first-order valence-electron chi connectivity index (χ1n) is 8.25. The lowest BCUT2D eigenvalue weighted by molar-refractivity contribution is -0.134. The number of benzene rings is 2. The second kappa shape index (κ2) is 9.18. The SMILES string of the molecule is COC(=O)/C=C/c1ccc(OCc2nnc(-c3ccccc3Br)o2)c(OC)c1. The van der Waals surface area contributed by atoms with Gasteiger partial charge in [-0.1, -0.05) is 18.2 Å². The molecule has 7 nitrogen and oxygen atoms in total. The average Bonchev–Trinajstić information content (AvgIpc) is 3.19. The number of aromatic nitrogens is 2. The Bertz CT molecular complexity index is 1000. The van der Waals surface area contributed by atoms with Gasteiger partial charge in [0.05, 0.1) is 19.8 Å². The summed E-state index contributed by atoms with van der Waals surface area (Å²) in [4.78, 5) is 11.2. The van der Waals surface area contributed by atoms with Crippen molar-refractivity contribution in [3.05, 3.63) is 64.5 Å². The Labute approximate surface area is 170 Å². The first-order chi connectivity index (χ1) is 13.6. The van der Waals surface area contributed by atoms with Crippen LogP contribution in [-0.4, -0.2) is 30.4 Å². The third-order valence-corrected chi connectivity index (χ3v) is 4.41. The number of carbonyl (C=O) groups is 1. The largest absolute Gasteiger partial charge is 0.493 e. The van der Waals surface area contributed by atoms with Crippen LogP contribution in [-0.2, 0) is 16.1 Å². The van der Waals surface area contributed by atoms with E-state index in [9.17, 15) is 4.79 Å². The number of halogens is 1. The lowest BCUT2D eigenvalue weighted by Crippen LogP contribution is -1.98. The average molecular weight is 445 g/mol. The predicted molar refractivity (Wildman–Crippen MR) is 106 cm³/mol. The van der Waals surface area contributed by atoms with Crippen LogP contribution >= 0.6 is 15.9 Å². The second-order valence-corrected chi connectivity index (χ2v) is 6.39. The Balaban J connectivity index is 1.70. The number of hydrogen-bond donors (Lipinski definition) is 0. The summed E-state index contributed by atoms with van der Waals surface area (Å²) in [6.45, 7) is 0.0885. The number of rotatable bonds is 7. The van der Waals surface area contributed by atoms with Crippen molar-refractivity contribution < 1.29 is 23.4 Å². The molecule has 0 atom stereocenters. The van der Waals surface area contributed by atoms with E-state index in [1.165, 1.54) is 20.3 Å². The molecule has 144 valence electrons. The van der Waals surface area contributed by atoms with Crippen LogP contribution in [0.5, 0.6) is 11.5 Å². The highest BCUT2D eigenvalue weighted by Crippen LogP contribution is 2.30. The molecule has 0 fully saturated rings. The maximum atomic E-state index is 11.2. The molecule has 0 N–H and O–H groups in total. The van der Waals surface area contributed by atoms with Crippen LogP contribution in [0, 0.1) is 0 Å². The molecule has 1 heterocycles. The summed E-state index contributed by atoms with van der Waals surface area (Å²) in [5, 5.41) is 8.07. The molecule has 0 saturated heterocycles. The molecule has 0 aliphatic heterocycles. The van der Waals surface area contributed by atoms with Gasteiger partial charge in [0.15, 0.2) is 18.1 Å². The van der Waals surface area contributed by atoms with Crippen molar-refractivity contribution in [2.75, 3.05) is 14.2 Å². The zero-order chi connectivity index (χ0) is 19.9. The summed E-state index contributed by atoms with van der Waals surface area (Å²) in [6.07, 6.45) is 2.96. The van der Waals surface area contributed by atoms with Crippen LogP contribution in [0.15, 0.2) is 57.4 Å². The summed E-state index contributed by atoms with van der Waals surface area (Å²) in [5.74, 6) is 1.33. The van der Waals surface area contributed by atoms with Crippen LogP contribution in [0.4, 0.5) is 0 Å². The lowest BCUT2D eigenvalue weighted by Gasteiger charge is -2.09. The van der Waals surface area contributed by atoms with Gasteiger partial charge in [-0.25, -0.2) is 4.79 Å². The maximum absolute atomic E-state index is 11.2. The minimum absolute atomic E-state index is 0.0885. The number of hydrogen-bond acceptors (Lipinski definition) is 7. The first-order valence-corrected chi connectivity index (χ1v) is 9.04. The molecule has 0 saturated carbocycles. The van der Waals surface area contributed by atoms with Crippen molar-refractivity contribution in [1.29, 1.82) is 0 Å². The molecule has 0 amide bonds. The summed E-state index contributed by atoms with van der Waals surface area (Å²) < 4.78 is 22.2. The topological polar surface area (TPSA) is 83.7 Å². The van der Waals surface area contributed by atoms with Gasteiger partial charge < -0.3 is 18.6 Å². The number of nitrogens with zero attached hydrogens (tertiary/aromatic N) is 2. The quantitative estimate of drug-likeness (QED) is 0.397. The van der Waals surface area contributed by atoms with E-state index < -0.39 is 5.97 Å². The Hall–Kier alpha value is -3.13. The second-order valence-electron chi connectivity index (χ2n) is 5.54. The number of carbonyl (C=O) groups excluding carboxylic acids is 1. The molecule has 1 aromatic heterocycles. The third-order valence-electron chi connectivity index (χ3n) is 3.72. The monoisotopic (exact) mass is 444 g/mol. The smallest absolute Gasteiger partial charge is 0.330 e. The fraction of sp³-hybridized carbons (Fsp3) is 0.150. The van der Waals surface area contributed by atoms with Crippen molar-refractivity contribution in [3.63, 3.8) is 0 Å². The van der Waals surface area contributed by atoms with Gasteiger partial charge in [-0.3, -0.25) is 0 Å². The maximum Gasteiger partial charge on any atom is 0.330 e. The molecule has 3 rings (SSSR count). The molecule has 0 spiro atoms. The number of methoxy groups -OCH3 is 2. The highest BCUT2D eigenvalue weighted by molar-refractivity contribution is 9.10. The van der Waals surface area contributed by atoms with E-state index in [-0.39, 0.29) is 6.61 Å². The molecule has 3 aromatic rings. The Kier molecular flexibility index (Phi) is 6.44. The highest BCUT2D eigenvalue weighted by atomic mass is 79.9. The molecule has 0 aliphatic rings. The lowest BCUT2D eigenvalue weighted by atomic mass is 10.2. The Morgan fingerprint density at radius 1 is 1.14 bits per heavy atom. The fourth-order valence-electron chi connectivity index (χ4n) is 2.33. The van der Waals surface area contributed by atoms with Crippen molar-refractivity contribution in [2.45, 2.75) is 6.61 Å². The zero-order valence-corrected chi connectivity index (χ0v) is 16.8. The van der Waals surface area contributed by atoms with E-state index in [1.807, 2.05) is 24.3 Å². The summed E-state index contributed by atoms with van der Waals surface area (Å²) in [6, 6.07) is 12.8. The van der Waals surface area contributed by atoms with Gasteiger partial charge in [0.2, 0.25) is 5.89 Å². The minimum Gasteiger partial charge on any atom is -0.493 e. The molecule has 0 bridgehead atoms. The van der Waals surface area contributed by atoms with Gasteiger partial charge in [-0.2, -0.15) is 0 Å². The number of esters is 1. The van der Waals surface area contributed by atoms with Gasteiger partial charge >= 0.3 is 5.97 Å². The first kappa shape index (κ1) is 19.6. The normalized spacial score (nSPS) is 10.8. The van der Waals surface area contributed by atoms with Crippen molar-refractivity contribution >= 4 is 28.0 Å². The van der Waals surface area contributed by atoms with Crippen molar-refractivity contribution in [1.82, 2.24) is 10.2 Å². The van der Waals surface area contributed by atoms with Crippen molar-refractivity contribution in [2.24, 2.45) is 0 Å². The van der Waals surface area contributed by atoms with Gasteiger partial charge in [0.25, 0.3) is 5.89 Å². The minimum atomic E-state index is -0.434. The zero-order valence-electron chi connectivity index (χ0n) is 15.2. The molecular weight excluding hydrogens is 428 g/mol. The molecular formula is C20H17BrN2O5. The van der Waals surface area contributed by atoms with Crippen LogP contribution < -0.4 is 9.47 Å². The van der Waals surface area contributed by atoms with Gasteiger partial charge in [-0.05, 0) is 51.8 Å². The van der Waals surface area contributed by atoms with Crippen LogP contribution in [0.1, 0.15) is 11.5 Å². The van der Waals surface area contributed by atoms with Gasteiger partial charge in [-0.15, -0.1) is 10.2 Å². The molecule has 28 heavy (non-hydrogen) atoms. The van der Waals surface area contributed by atoms with E-state index in [0.29, 0.717) is 23.3 Å². The van der Waals surface area contributed by atoms with E-state index >= 15 is 0 Å². The van der Waals surface area contributed by atoms with Crippen LogP contribution in [0.3, 0.4) is 0 Å². The fourth-order valence-corrected chi connectivity index (χ4v) is 2.79. The molecule has 2 aromatic carbocycles. The molecule has 0 aliphatic carbocycles. The van der Waals surface area contributed by atoms with Crippen molar-refractivity contribution in [3.8, 4) is 23.0 Å². The third kappa shape index (κ3) is 4.77. The van der Waals surface area contributed by atoms with Gasteiger partial charge in [0, 0.05) is 10.5 Å². The predicted octanol–water partition coefficient (Wildman–Crippen LogP) is 4.27. The van der Waals surface area contributed by atoms with E-state index in [2.05, 4.69) is 30.9 Å². The Morgan fingerprint density at radius 3 is 2.71 bits per heavy atom. The van der Waals surface area contributed by atoms with Crippen LogP contribution in [0.25, 0.3) is 17.5 Å². The van der Waals surface area contributed by atoms with E-state index in [4.69, 9.17) is 13.9 Å². The van der Waals surface area contributed by atoms with Gasteiger partial charge in [0.1, 0.15) is 0 Å². The standard InChI is InChI=1S/C20H17BrN2O5/c1-25-17-11-13(8-10-19(24)26-2)7-9-16(17)27-12-18-22-23-20(28-18)14-5-3-4-6-15(14)21/h3-11H,12H2,1-2H3/b10-8+. The summed E-state index contributed by atoms with van der Waals surface area (Å²) >= 11 is 3.46. The van der Waals surface area contributed by atoms with E-state index in [1.54, 1.807) is 24.3 Å². The van der Waals surface area contributed by atoms with E-state index in [0.717, 1.165) is 15.6 Å². The van der Waals surface area contributed by atoms with Crippen LogP contribution in [0.2, 0.25) is 0 Å². The molecule has 0 radical (unpaired) electrons. The summed E-state index contributed by atoms with van der Waals surface area (Å²) in [5.41, 5.74) is 1.57. The Morgan fingerprint density at radius 2 is 1.96 bits per heavy atom. The highest BCUT2D eigenvalue weighted by Gasteiger charge is 2.13. The summed E-state index contributed by atoms with van der Waals surface area (Å²) in [7, 11) is 2.86. The number of ether oxygens (including phenoxy) is 3.